The number of hydrogen-bond donors (Lipinski definition) is 2. The monoisotopic (exact) mass is 332 g/mol. The Morgan fingerprint density at radius 1 is 1.24 bits per heavy atom. The van der Waals surface area contributed by atoms with Gasteiger partial charge in [-0.1, -0.05) is 38.3 Å². The molecule has 0 aromatic heterocycles. The van der Waals surface area contributed by atoms with Crippen molar-refractivity contribution in [3.8, 4) is 0 Å². The van der Waals surface area contributed by atoms with E-state index in [2.05, 4.69) is 23.9 Å². The van der Waals surface area contributed by atoms with Gasteiger partial charge in [-0.25, -0.2) is 13.1 Å². The molecule has 1 aromatic rings. The third kappa shape index (κ3) is 4.95. The predicted octanol–water partition coefficient (Wildman–Crippen LogP) is 3.16. The molecule has 0 bridgehead atoms. The van der Waals surface area contributed by atoms with E-state index in [0.29, 0.717) is 17.5 Å². The summed E-state index contributed by atoms with van der Waals surface area (Å²) in [7, 11) is -1.72. The van der Waals surface area contributed by atoms with E-state index in [1.54, 1.807) is 25.2 Å². The van der Waals surface area contributed by atoms with Gasteiger partial charge in [0, 0.05) is 17.6 Å². The Balaban J connectivity index is 3.00. The van der Waals surface area contributed by atoms with Crippen molar-refractivity contribution < 1.29 is 8.42 Å². The zero-order valence-corrected chi connectivity index (χ0v) is 14.7. The highest BCUT2D eigenvalue weighted by molar-refractivity contribution is 7.89. The lowest BCUT2D eigenvalue weighted by atomic mass is 9.96. The third-order valence-corrected chi connectivity index (χ3v) is 5.72. The number of benzene rings is 1. The first-order chi connectivity index (χ1) is 9.85. The van der Waals surface area contributed by atoms with Crippen molar-refractivity contribution in [3.05, 3.63) is 28.8 Å². The minimum atomic E-state index is -3.52. The summed E-state index contributed by atoms with van der Waals surface area (Å²) in [5.41, 5.74) is 0.775. The Kier molecular flexibility index (Phi) is 7.13. The van der Waals surface area contributed by atoms with E-state index in [-0.39, 0.29) is 10.9 Å². The van der Waals surface area contributed by atoms with Gasteiger partial charge in [0.15, 0.2) is 0 Å². The van der Waals surface area contributed by atoms with Gasteiger partial charge >= 0.3 is 0 Å². The molecule has 6 heteroatoms. The van der Waals surface area contributed by atoms with Crippen LogP contribution >= 0.6 is 11.6 Å². The summed E-state index contributed by atoms with van der Waals surface area (Å²) in [6.07, 6.45) is 1.90. The number of hydrogen-bond acceptors (Lipinski definition) is 3. The number of halogens is 1. The van der Waals surface area contributed by atoms with E-state index in [1.807, 2.05) is 6.92 Å². The summed E-state index contributed by atoms with van der Waals surface area (Å²) < 4.78 is 27.7. The van der Waals surface area contributed by atoms with Gasteiger partial charge in [0.25, 0.3) is 0 Å². The van der Waals surface area contributed by atoms with Crippen LogP contribution in [0, 0.1) is 5.92 Å². The number of sulfonamides is 1. The van der Waals surface area contributed by atoms with Gasteiger partial charge in [-0.15, -0.1) is 0 Å². The Morgan fingerprint density at radius 2 is 1.86 bits per heavy atom. The van der Waals surface area contributed by atoms with Crippen LogP contribution in [0.5, 0.6) is 0 Å². The van der Waals surface area contributed by atoms with E-state index >= 15 is 0 Å². The lowest BCUT2D eigenvalue weighted by Crippen LogP contribution is -2.37. The van der Waals surface area contributed by atoms with Crippen molar-refractivity contribution in [2.75, 3.05) is 7.05 Å². The molecular formula is C15H25ClN2O2S. The quantitative estimate of drug-likeness (QED) is 0.768. The molecule has 120 valence electrons. The fraction of sp³-hybridized carbons (Fsp3) is 0.600. The molecule has 0 radical (unpaired) electrons. The van der Waals surface area contributed by atoms with Crippen molar-refractivity contribution in [2.24, 2.45) is 5.92 Å². The first kappa shape index (κ1) is 18.4. The van der Waals surface area contributed by atoms with Crippen molar-refractivity contribution in [1.82, 2.24) is 10.0 Å². The van der Waals surface area contributed by atoms with Crippen molar-refractivity contribution in [2.45, 2.75) is 51.1 Å². The maximum atomic E-state index is 12.5. The van der Waals surface area contributed by atoms with Crippen LogP contribution in [-0.4, -0.2) is 21.5 Å². The van der Waals surface area contributed by atoms with E-state index in [4.69, 9.17) is 11.6 Å². The fourth-order valence-corrected chi connectivity index (χ4v) is 4.00. The fourth-order valence-electron chi connectivity index (χ4n) is 2.45. The lowest BCUT2D eigenvalue weighted by Gasteiger charge is -2.22. The summed E-state index contributed by atoms with van der Waals surface area (Å²) in [6.45, 7) is 6.60. The van der Waals surface area contributed by atoms with Crippen molar-refractivity contribution in [1.29, 1.82) is 0 Å². The second-order valence-corrected chi connectivity index (χ2v) is 7.39. The normalized spacial score (nSPS) is 13.6. The Hall–Kier alpha value is -0.620. The molecule has 0 spiro atoms. The average Bonchev–Trinajstić information content (AvgIpc) is 2.42. The van der Waals surface area contributed by atoms with Crippen LogP contribution in [0.3, 0.4) is 0 Å². The van der Waals surface area contributed by atoms with Gasteiger partial charge in [-0.05, 0) is 43.7 Å². The van der Waals surface area contributed by atoms with Gasteiger partial charge in [0.05, 0.1) is 4.90 Å². The molecule has 1 rings (SSSR count). The van der Waals surface area contributed by atoms with E-state index in [1.165, 1.54) is 0 Å². The van der Waals surface area contributed by atoms with Gasteiger partial charge in [-0.3, -0.25) is 0 Å². The second-order valence-electron chi connectivity index (χ2n) is 5.27. The Bertz CT molecular complexity index is 557. The number of nitrogens with one attached hydrogen (secondary N) is 2. The molecule has 2 N–H and O–H groups in total. The highest BCUT2D eigenvalue weighted by atomic mass is 35.5. The molecule has 1 unspecified atom stereocenters. The molecule has 0 saturated carbocycles. The largest absolute Gasteiger partial charge is 0.316 e. The van der Waals surface area contributed by atoms with Crippen LogP contribution in [0.4, 0.5) is 0 Å². The SMILES string of the molecule is CCC(CC)C(C)NS(=O)(=O)c1ccc(Cl)c(CNC)c1. The lowest BCUT2D eigenvalue weighted by molar-refractivity contribution is 0.390. The Morgan fingerprint density at radius 3 is 2.38 bits per heavy atom. The van der Waals surface area contributed by atoms with Crippen LogP contribution in [0.25, 0.3) is 0 Å². The molecule has 21 heavy (non-hydrogen) atoms. The molecular weight excluding hydrogens is 308 g/mol. The average molecular weight is 333 g/mol. The minimum Gasteiger partial charge on any atom is -0.316 e. The van der Waals surface area contributed by atoms with Crippen molar-refractivity contribution in [3.63, 3.8) is 0 Å². The summed E-state index contributed by atoms with van der Waals surface area (Å²) >= 11 is 6.07. The van der Waals surface area contributed by atoms with Gasteiger partial charge in [-0.2, -0.15) is 0 Å². The van der Waals surface area contributed by atoms with Crippen LogP contribution in [0.15, 0.2) is 23.1 Å². The summed E-state index contributed by atoms with van der Waals surface area (Å²) in [5, 5.41) is 3.55. The topological polar surface area (TPSA) is 58.2 Å². The molecule has 0 amide bonds. The van der Waals surface area contributed by atoms with Gasteiger partial charge < -0.3 is 5.32 Å². The maximum absolute atomic E-state index is 12.5. The molecule has 0 aliphatic rings. The first-order valence-corrected chi connectivity index (χ1v) is 9.17. The zero-order valence-electron chi connectivity index (χ0n) is 13.1. The second kappa shape index (κ2) is 8.13. The van der Waals surface area contributed by atoms with Gasteiger partial charge in [0.2, 0.25) is 10.0 Å². The van der Waals surface area contributed by atoms with Gasteiger partial charge in [0.1, 0.15) is 0 Å². The van der Waals surface area contributed by atoms with E-state index in [0.717, 1.165) is 18.4 Å². The smallest absolute Gasteiger partial charge is 0.240 e. The molecule has 0 aliphatic carbocycles. The molecule has 0 fully saturated rings. The maximum Gasteiger partial charge on any atom is 0.240 e. The zero-order chi connectivity index (χ0) is 16.0. The molecule has 1 atom stereocenters. The molecule has 1 aromatic carbocycles. The minimum absolute atomic E-state index is 0.0894. The summed E-state index contributed by atoms with van der Waals surface area (Å²) in [6, 6.07) is 4.71. The first-order valence-electron chi connectivity index (χ1n) is 7.31. The van der Waals surface area contributed by atoms with E-state index < -0.39 is 10.0 Å². The molecule has 0 aliphatic heterocycles. The van der Waals surface area contributed by atoms with Crippen LogP contribution in [0.1, 0.15) is 39.2 Å². The van der Waals surface area contributed by atoms with Crippen LogP contribution in [-0.2, 0) is 16.6 Å². The number of rotatable bonds is 8. The van der Waals surface area contributed by atoms with E-state index in [9.17, 15) is 8.42 Å². The van der Waals surface area contributed by atoms with Crippen LogP contribution < -0.4 is 10.0 Å². The van der Waals surface area contributed by atoms with Crippen molar-refractivity contribution >= 4 is 21.6 Å². The Labute approximate surface area is 133 Å². The predicted molar refractivity (Wildman–Crippen MR) is 88.1 cm³/mol. The summed E-state index contributed by atoms with van der Waals surface area (Å²) in [5.74, 6) is 0.337. The standard InChI is InChI=1S/C15H25ClN2O2S/c1-5-12(6-2)11(3)18-21(19,20)14-7-8-15(16)13(9-14)10-17-4/h7-9,11-12,17-18H,5-6,10H2,1-4H3. The summed E-state index contributed by atoms with van der Waals surface area (Å²) in [4.78, 5) is 0.259. The van der Waals surface area contributed by atoms with Crippen LogP contribution in [0.2, 0.25) is 5.02 Å². The molecule has 4 nitrogen and oxygen atoms in total. The molecule has 0 heterocycles. The highest BCUT2D eigenvalue weighted by Gasteiger charge is 2.22. The molecule has 0 saturated heterocycles. The highest BCUT2D eigenvalue weighted by Crippen LogP contribution is 2.22. The third-order valence-electron chi connectivity index (χ3n) is 3.79.